The predicted molar refractivity (Wildman–Crippen MR) is 70.9 cm³/mol. The fourth-order valence-corrected chi connectivity index (χ4v) is 2.58. The Morgan fingerprint density at radius 1 is 1.47 bits per heavy atom. The van der Waals surface area contributed by atoms with Gasteiger partial charge in [-0.05, 0) is 25.2 Å². The smallest absolute Gasteiger partial charge is 0.327 e. The van der Waals surface area contributed by atoms with Gasteiger partial charge in [0.2, 0.25) is 0 Å². The zero-order valence-corrected chi connectivity index (χ0v) is 12.1. The minimum Gasteiger partial charge on any atom is -0.480 e. The van der Waals surface area contributed by atoms with Crippen LogP contribution in [0.3, 0.4) is 0 Å². The molecule has 2 atom stereocenters. The first-order valence-corrected chi connectivity index (χ1v) is 6.59. The van der Waals surface area contributed by atoms with Crippen LogP contribution in [0, 0.1) is 5.41 Å². The molecule has 6 heteroatoms. The van der Waals surface area contributed by atoms with Gasteiger partial charge in [0.15, 0.2) is 0 Å². The van der Waals surface area contributed by atoms with Gasteiger partial charge < -0.3 is 20.0 Å². The van der Waals surface area contributed by atoms with Crippen molar-refractivity contribution in [3.8, 4) is 0 Å². The van der Waals surface area contributed by atoms with E-state index in [9.17, 15) is 14.7 Å². The molecule has 0 aromatic carbocycles. The average Bonchev–Trinajstić information content (AvgIpc) is 2.33. The van der Waals surface area contributed by atoms with Gasteiger partial charge in [0.05, 0.1) is 12.6 Å². The van der Waals surface area contributed by atoms with Crippen molar-refractivity contribution < 1.29 is 19.8 Å². The summed E-state index contributed by atoms with van der Waals surface area (Å²) in [6, 6.07) is -1.48. The number of aliphatic carboxylic acids is 1. The van der Waals surface area contributed by atoms with E-state index in [1.165, 1.54) is 9.80 Å². The number of carbonyl (C=O) groups excluding carboxylic acids is 1. The molecule has 0 spiro atoms. The summed E-state index contributed by atoms with van der Waals surface area (Å²) < 4.78 is 0. The van der Waals surface area contributed by atoms with E-state index >= 15 is 0 Å². The number of rotatable bonds is 3. The van der Waals surface area contributed by atoms with Crippen LogP contribution in [0.2, 0.25) is 0 Å². The number of likely N-dealkylation sites (tertiary alicyclic amines) is 1. The van der Waals surface area contributed by atoms with Crippen molar-refractivity contribution in [3.63, 3.8) is 0 Å². The number of piperidine rings is 1. The number of aliphatic hydroxyl groups is 1. The van der Waals surface area contributed by atoms with Gasteiger partial charge in [-0.1, -0.05) is 13.8 Å². The van der Waals surface area contributed by atoms with Gasteiger partial charge in [-0.3, -0.25) is 0 Å². The largest absolute Gasteiger partial charge is 0.480 e. The summed E-state index contributed by atoms with van der Waals surface area (Å²) in [5, 5.41) is 18.5. The fraction of sp³-hybridized carbons (Fsp3) is 0.846. The topological polar surface area (TPSA) is 81.1 Å². The molecule has 1 fully saturated rings. The third-order valence-electron chi connectivity index (χ3n) is 3.98. The molecule has 1 rings (SSSR count). The summed E-state index contributed by atoms with van der Waals surface area (Å²) in [5.41, 5.74) is -0.441. The third kappa shape index (κ3) is 3.18. The standard InChI is InChI=1S/C13H24N2O4/c1-9(8-16)14(4)12(19)15-7-5-6-13(2,3)10(15)11(17)18/h9-10,16H,5-8H2,1-4H3,(H,17,18). The van der Waals surface area contributed by atoms with Crippen LogP contribution in [0.15, 0.2) is 0 Å². The maximum atomic E-state index is 12.4. The van der Waals surface area contributed by atoms with Crippen molar-refractivity contribution >= 4 is 12.0 Å². The first kappa shape index (κ1) is 15.8. The number of likely N-dealkylation sites (N-methyl/N-ethyl adjacent to an activating group) is 1. The van der Waals surface area contributed by atoms with Gasteiger partial charge in [0.25, 0.3) is 0 Å². The van der Waals surface area contributed by atoms with Crippen molar-refractivity contribution in [1.82, 2.24) is 9.80 Å². The number of carboxylic acids is 1. The lowest BCUT2D eigenvalue weighted by Crippen LogP contribution is -2.60. The van der Waals surface area contributed by atoms with E-state index < -0.39 is 17.4 Å². The Bertz CT molecular complexity index is 357. The normalized spacial score (nSPS) is 23.8. The summed E-state index contributed by atoms with van der Waals surface area (Å²) in [7, 11) is 1.59. The van der Waals surface area contributed by atoms with Crippen LogP contribution in [-0.2, 0) is 4.79 Å². The van der Waals surface area contributed by atoms with Gasteiger partial charge in [-0.2, -0.15) is 0 Å². The molecule has 0 aromatic heterocycles. The molecule has 110 valence electrons. The molecule has 0 bridgehead atoms. The highest BCUT2D eigenvalue weighted by Crippen LogP contribution is 2.35. The molecule has 0 aromatic rings. The maximum absolute atomic E-state index is 12.4. The predicted octanol–water partition coefficient (Wildman–Crippen LogP) is 0.994. The molecule has 1 aliphatic heterocycles. The number of hydrogen-bond donors (Lipinski definition) is 2. The minimum absolute atomic E-state index is 0.142. The van der Waals surface area contributed by atoms with E-state index in [4.69, 9.17) is 5.11 Å². The zero-order chi connectivity index (χ0) is 14.8. The highest BCUT2D eigenvalue weighted by atomic mass is 16.4. The zero-order valence-electron chi connectivity index (χ0n) is 12.1. The second-order valence-electron chi connectivity index (χ2n) is 5.95. The van der Waals surface area contributed by atoms with Crippen LogP contribution in [0.1, 0.15) is 33.6 Å². The molecular weight excluding hydrogens is 248 g/mol. The van der Waals surface area contributed by atoms with Gasteiger partial charge >= 0.3 is 12.0 Å². The molecule has 1 saturated heterocycles. The quantitative estimate of drug-likeness (QED) is 0.803. The Morgan fingerprint density at radius 3 is 2.53 bits per heavy atom. The summed E-state index contributed by atoms with van der Waals surface area (Å²) in [6.07, 6.45) is 1.58. The van der Waals surface area contributed by atoms with Crippen LogP contribution < -0.4 is 0 Å². The van der Waals surface area contributed by atoms with Gasteiger partial charge in [0, 0.05) is 13.6 Å². The molecule has 0 aliphatic carbocycles. The van der Waals surface area contributed by atoms with Crippen LogP contribution in [0.4, 0.5) is 4.79 Å². The highest BCUT2D eigenvalue weighted by Gasteiger charge is 2.45. The van der Waals surface area contributed by atoms with E-state index in [1.54, 1.807) is 14.0 Å². The van der Waals surface area contributed by atoms with Crippen LogP contribution >= 0.6 is 0 Å². The molecule has 19 heavy (non-hydrogen) atoms. The van der Waals surface area contributed by atoms with E-state index in [1.807, 2.05) is 13.8 Å². The number of amides is 2. The Hall–Kier alpha value is -1.30. The Morgan fingerprint density at radius 2 is 2.05 bits per heavy atom. The molecule has 1 aliphatic rings. The maximum Gasteiger partial charge on any atom is 0.327 e. The second kappa shape index (κ2) is 5.77. The molecule has 1 heterocycles. The van der Waals surface area contributed by atoms with Gasteiger partial charge in [-0.25, -0.2) is 9.59 Å². The lowest BCUT2D eigenvalue weighted by atomic mass is 9.76. The summed E-state index contributed by atoms with van der Waals surface area (Å²) in [6.45, 7) is 5.78. The first-order chi connectivity index (χ1) is 8.72. The first-order valence-electron chi connectivity index (χ1n) is 6.59. The number of carboxylic acid groups (broad SMARTS) is 1. The van der Waals surface area contributed by atoms with Gasteiger partial charge in [0.1, 0.15) is 6.04 Å². The number of urea groups is 1. The SMILES string of the molecule is CC(CO)N(C)C(=O)N1CCCC(C)(C)C1C(=O)O. The Balaban J connectivity index is 2.96. The highest BCUT2D eigenvalue weighted by molar-refractivity contribution is 5.83. The molecule has 6 nitrogen and oxygen atoms in total. The van der Waals surface area contributed by atoms with Crippen molar-refractivity contribution in [2.24, 2.45) is 5.41 Å². The van der Waals surface area contributed by atoms with Crippen molar-refractivity contribution in [2.45, 2.75) is 45.7 Å². The summed E-state index contributed by atoms with van der Waals surface area (Å²) in [5.74, 6) is -0.969. The molecule has 2 unspecified atom stereocenters. The van der Waals surface area contributed by atoms with E-state index in [0.29, 0.717) is 6.54 Å². The second-order valence-corrected chi connectivity index (χ2v) is 5.95. The minimum atomic E-state index is -0.969. The van der Waals surface area contributed by atoms with Crippen molar-refractivity contribution in [3.05, 3.63) is 0 Å². The number of carbonyl (C=O) groups is 2. The molecular formula is C13H24N2O4. The molecule has 0 saturated carbocycles. The van der Waals surface area contributed by atoms with Gasteiger partial charge in [-0.15, -0.1) is 0 Å². The lowest BCUT2D eigenvalue weighted by Gasteiger charge is -2.45. The summed E-state index contributed by atoms with van der Waals surface area (Å²) >= 11 is 0. The third-order valence-corrected chi connectivity index (χ3v) is 3.98. The molecule has 2 N–H and O–H groups in total. The fourth-order valence-electron chi connectivity index (χ4n) is 2.58. The van der Waals surface area contributed by atoms with Crippen LogP contribution in [-0.4, -0.2) is 64.3 Å². The number of aliphatic hydroxyl groups excluding tert-OH is 1. The monoisotopic (exact) mass is 272 g/mol. The van der Waals surface area contributed by atoms with Crippen molar-refractivity contribution in [1.29, 1.82) is 0 Å². The Kier molecular flexibility index (Phi) is 4.79. The van der Waals surface area contributed by atoms with E-state index in [0.717, 1.165) is 12.8 Å². The molecule has 2 amide bonds. The van der Waals surface area contributed by atoms with E-state index in [-0.39, 0.29) is 18.7 Å². The summed E-state index contributed by atoms with van der Waals surface area (Å²) in [4.78, 5) is 26.7. The Labute approximate surface area is 114 Å². The van der Waals surface area contributed by atoms with E-state index in [2.05, 4.69) is 0 Å². The molecule has 0 radical (unpaired) electrons. The van der Waals surface area contributed by atoms with Crippen LogP contribution in [0.5, 0.6) is 0 Å². The van der Waals surface area contributed by atoms with Crippen LogP contribution in [0.25, 0.3) is 0 Å². The number of hydrogen-bond acceptors (Lipinski definition) is 3. The average molecular weight is 272 g/mol. The number of nitrogens with zero attached hydrogens (tertiary/aromatic N) is 2. The van der Waals surface area contributed by atoms with Crippen molar-refractivity contribution in [2.75, 3.05) is 20.2 Å². The lowest BCUT2D eigenvalue weighted by molar-refractivity contribution is -0.148.